The first-order chi connectivity index (χ1) is 9.90. The zero-order valence-corrected chi connectivity index (χ0v) is 12.7. The topological polar surface area (TPSA) is 83.5 Å². The maximum absolute atomic E-state index is 12.1. The van der Waals surface area contributed by atoms with Gasteiger partial charge in [-0.3, -0.25) is 0 Å². The van der Waals surface area contributed by atoms with Crippen LogP contribution in [0.3, 0.4) is 0 Å². The van der Waals surface area contributed by atoms with E-state index in [1.807, 2.05) is 6.92 Å². The minimum Gasteiger partial charge on any atom is -0.478 e. The van der Waals surface area contributed by atoms with Crippen molar-refractivity contribution in [3.05, 3.63) is 59.7 Å². The molecule has 7 heteroatoms. The Kier molecular flexibility index (Phi) is 4.66. The highest BCUT2D eigenvalue weighted by atomic mass is 32.3. The van der Waals surface area contributed by atoms with E-state index in [2.05, 4.69) is 4.13 Å². The highest BCUT2D eigenvalue weighted by Gasteiger charge is 2.16. The van der Waals surface area contributed by atoms with Crippen LogP contribution in [-0.2, 0) is 10.0 Å². The van der Waals surface area contributed by atoms with Crippen molar-refractivity contribution in [1.82, 2.24) is 4.13 Å². The summed E-state index contributed by atoms with van der Waals surface area (Å²) in [6.45, 7) is 1.86. The molecule has 0 fully saturated rings. The molecule has 2 aromatic carbocycles. The Balaban J connectivity index is 2.19. The van der Waals surface area contributed by atoms with Crippen LogP contribution in [0.1, 0.15) is 15.9 Å². The van der Waals surface area contributed by atoms with E-state index in [0.29, 0.717) is 4.90 Å². The molecule has 0 aromatic heterocycles. The molecule has 0 aliphatic carbocycles. The van der Waals surface area contributed by atoms with Gasteiger partial charge in [0.05, 0.1) is 10.5 Å². The molecule has 0 heterocycles. The number of aromatic carboxylic acids is 1. The maximum atomic E-state index is 12.1. The molecule has 110 valence electrons. The lowest BCUT2D eigenvalue weighted by molar-refractivity contribution is 0.0693. The van der Waals surface area contributed by atoms with Crippen LogP contribution >= 0.6 is 11.9 Å². The maximum Gasteiger partial charge on any atom is 0.336 e. The van der Waals surface area contributed by atoms with Crippen molar-refractivity contribution in [1.29, 1.82) is 0 Å². The summed E-state index contributed by atoms with van der Waals surface area (Å²) in [5.74, 6) is -1.10. The van der Waals surface area contributed by atoms with Gasteiger partial charge in [0.25, 0.3) is 0 Å². The van der Waals surface area contributed by atoms with Crippen molar-refractivity contribution in [2.75, 3.05) is 0 Å². The minimum absolute atomic E-state index is 0.0501. The van der Waals surface area contributed by atoms with E-state index >= 15 is 0 Å². The standard InChI is InChI=1S/C14H13NO4S2/c1-10-6-8-11(9-7-10)21(18,19)15-20-13-5-3-2-4-12(13)14(16)17/h2-9,15H,1H3,(H,16,17). The van der Waals surface area contributed by atoms with Crippen LogP contribution in [0.4, 0.5) is 0 Å². The van der Waals surface area contributed by atoms with Gasteiger partial charge < -0.3 is 5.11 Å². The van der Waals surface area contributed by atoms with Crippen LogP contribution in [0.25, 0.3) is 0 Å². The second kappa shape index (κ2) is 6.30. The predicted molar refractivity (Wildman–Crippen MR) is 80.8 cm³/mol. The van der Waals surface area contributed by atoms with Crippen molar-refractivity contribution in [3.8, 4) is 0 Å². The molecule has 0 bridgehead atoms. The van der Waals surface area contributed by atoms with Crippen LogP contribution in [0.2, 0.25) is 0 Å². The first kappa shape index (κ1) is 15.6. The fraction of sp³-hybridized carbons (Fsp3) is 0.0714. The van der Waals surface area contributed by atoms with Gasteiger partial charge in [-0.2, -0.15) is 0 Å². The number of aryl methyl sites for hydroxylation is 1. The third-order valence-corrected chi connectivity index (χ3v) is 5.39. The fourth-order valence-corrected chi connectivity index (χ4v) is 3.69. The summed E-state index contributed by atoms with van der Waals surface area (Å²) in [6.07, 6.45) is 0. The molecular formula is C14H13NO4S2. The third kappa shape index (κ3) is 3.84. The molecule has 2 aromatic rings. The van der Waals surface area contributed by atoms with Crippen molar-refractivity contribution in [2.45, 2.75) is 16.7 Å². The van der Waals surface area contributed by atoms with E-state index in [0.717, 1.165) is 17.5 Å². The molecule has 0 atom stereocenters. The normalized spacial score (nSPS) is 11.3. The summed E-state index contributed by atoms with van der Waals surface area (Å²) in [5, 5.41) is 9.05. The van der Waals surface area contributed by atoms with E-state index in [9.17, 15) is 13.2 Å². The SMILES string of the molecule is Cc1ccc(S(=O)(=O)NSc2ccccc2C(=O)O)cc1. The monoisotopic (exact) mass is 323 g/mol. The molecule has 0 saturated carbocycles. The lowest BCUT2D eigenvalue weighted by Gasteiger charge is -2.08. The Labute approximate surface area is 127 Å². The van der Waals surface area contributed by atoms with Gasteiger partial charge in [-0.15, -0.1) is 4.13 Å². The molecule has 0 aliphatic rings. The Bertz CT molecular complexity index is 755. The van der Waals surface area contributed by atoms with E-state index in [1.54, 1.807) is 30.3 Å². The van der Waals surface area contributed by atoms with Gasteiger partial charge in [0.15, 0.2) is 0 Å². The third-order valence-electron chi connectivity index (χ3n) is 2.71. The largest absolute Gasteiger partial charge is 0.478 e. The lowest BCUT2D eigenvalue weighted by atomic mass is 10.2. The molecule has 2 rings (SSSR count). The molecule has 5 nitrogen and oxygen atoms in total. The zero-order chi connectivity index (χ0) is 15.5. The Morgan fingerprint density at radius 2 is 1.71 bits per heavy atom. The van der Waals surface area contributed by atoms with Crippen LogP contribution < -0.4 is 4.13 Å². The van der Waals surface area contributed by atoms with E-state index in [-0.39, 0.29) is 10.5 Å². The molecular weight excluding hydrogens is 310 g/mol. The van der Waals surface area contributed by atoms with Gasteiger partial charge in [-0.1, -0.05) is 29.8 Å². The van der Waals surface area contributed by atoms with Crippen molar-refractivity contribution >= 4 is 27.9 Å². The average Bonchev–Trinajstić information content (AvgIpc) is 2.46. The van der Waals surface area contributed by atoms with Crippen LogP contribution in [-0.4, -0.2) is 19.5 Å². The number of benzene rings is 2. The average molecular weight is 323 g/mol. The van der Waals surface area contributed by atoms with Gasteiger partial charge in [-0.25, -0.2) is 13.2 Å². The number of rotatable bonds is 5. The number of hydrogen-bond acceptors (Lipinski definition) is 4. The molecule has 0 aliphatic heterocycles. The molecule has 0 unspecified atom stereocenters. The Morgan fingerprint density at radius 1 is 1.10 bits per heavy atom. The Morgan fingerprint density at radius 3 is 2.33 bits per heavy atom. The second-order valence-electron chi connectivity index (χ2n) is 4.30. The molecule has 2 N–H and O–H groups in total. The quantitative estimate of drug-likeness (QED) is 0.827. The summed E-state index contributed by atoms with van der Waals surface area (Å²) in [5.41, 5.74) is 1.01. The summed E-state index contributed by atoms with van der Waals surface area (Å²) >= 11 is 0.763. The van der Waals surface area contributed by atoms with Crippen molar-refractivity contribution in [2.24, 2.45) is 0 Å². The highest BCUT2D eigenvalue weighted by molar-refractivity contribution is 8.09. The molecule has 0 saturated heterocycles. The van der Waals surface area contributed by atoms with Gasteiger partial charge in [0.1, 0.15) is 0 Å². The Hall–Kier alpha value is -1.83. The van der Waals surface area contributed by atoms with Gasteiger partial charge in [0, 0.05) is 4.90 Å². The molecule has 21 heavy (non-hydrogen) atoms. The molecule has 0 amide bonds. The summed E-state index contributed by atoms with van der Waals surface area (Å²) in [7, 11) is -3.70. The van der Waals surface area contributed by atoms with Crippen molar-refractivity contribution < 1.29 is 18.3 Å². The molecule has 0 spiro atoms. The van der Waals surface area contributed by atoms with Crippen LogP contribution in [0.5, 0.6) is 0 Å². The minimum atomic E-state index is -3.70. The van der Waals surface area contributed by atoms with Gasteiger partial charge >= 0.3 is 5.97 Å². The van der Waals surface area contributed by atoms with E-state index < -0.39 is 16.0 Å². The van der Waals surface area contributed by atoms with Gasteiger partial charge in [0.2, 0.25) is 10.0 Å². The first-order valence-electron chi connectivity index (χ1n) is 5.98. The smallest absolute Gasteiger partial charge is 0.336 e. The number of carboxylic acid groups (broad SMARTS) is 1. The summed E-state index contributed by atoms with van der Waals surface area (Å²) in [4.78, 5) is 11.5. The lowest BCUT2D eigenvalue weighted by Crippen LogP contribution is -2.17. The van der Waals surface area contributed by atoms with Gasteiger partial charge in [-0.05, 0) is 43.1 Å². The first-order valence-corrected chi connectivity index (χ1v) is 8.28. The molecule has 0 radical (unpaired) electrons. The number of carbonyl (C=O) groups is 1. The predicted octanol–water partition coefficient (Wildman–Crippen LogP) is 2.68. The number of sulfonamides is 1. The number of carboxylic acids is 1. The fourth-order valence-electron chi connectivity index (χ4n) is 1.60. The van der Waals surface area contributed by atoms with Crippen LogP contribution in [0.15, 0.2) is 58.3 Å². The second-order valence-corrected chi connectivity index (χ2v) is 7.09. The van der Waals surface area contributed by atoms with E-state index in [1.165, 1.54) is 18.2 Å². The highest BCUT2D eigenvalue weighted by Crippen LogP contribution is 2.22. The summed E-state index contributed by atoms with van der Waals surface area (Å²) < 4.78 is 26.6. The summed E-state index contributed by atoms with van der Waals surface area (Å²) in [6, 6.07) is 12.6. The van der Waals surface area contributed by atoms with E-state index in [4.69, 9.17) is 5.11 Å². The number of hydrogen-bond donors (Lipinski definition) is 2. The zero-order valence-electron chi connectivity index (χ0n) is 11.1. The van der Waals surface area contributed by atoms with Crippen molar-refractivity contribution in [3.63, 3.8) is 0 Å². The number of nitrogens with one attached hydrogen (secondary N) is 1. The van der Waals surface area contributed by atoms with Crippen LogP contribution in [0, 0.1) is 6.92 Å².